The Bertz CT molecular complexity index is 507. The Kier molecular flexibility index (Phi) is 4.86. The highest BCUT2D eigenvalue weighted by atomic mass is 32.2. The fourth-order valence-electron chi connectivity index (χ4n) is 1.54. The molecule has 0 aliphatic carbocycles. The first kappa shape index (κ1) is 14.7. The van der Waals surface area contributed by atoms with E-state index in [1.807, 2.05) is 0 Å². The molecule has 1 aromatic rings. The number of aliphatic carboxylic acids is 1. The van der Waals surface area contributed by atoms with E-state index in [1.165, 1.54) is 6.26 Å². The Balaban J connectivity index is 2.65. The van der Waals surface area contributed by atoms with Crippen molar-refractivity contribution >= 4 is 15.8 Å². The Hall–Kier alpha value is -1.40. The van der Waals surface area contributed by atoms with Gasteiger partial charge >= 0.3 is 5.97 Å². The smallest absolute Gasteiger partial charge is 0.305 e. The maximum absolute atomic E-state index is 11.0. The largest absolute Gasteiger partial charge is 0.481 e. The Morgan fingerprint density at radius 2 is 1.89 bits per heavy atom. The number of carboxylic acid groups (broad SMARTS) is 1. The van der Waals surface area contributed by atoms with E-state index in [-0.39, 0.29) is 12.2 Å². The van der Waals surface area contributed by atoms with Crippen LogP contribution in [0, 0.1) is 0 Å². The maximum Gasteiger partial charge on any atom is 0.305 e. The zero-order valence-corrected chi connectivity index (χ0v) is 11.0. The summed E-state index contributed by atoms with van der Waals surface area (Å²) < 4.78 is 22.0. The SMILES string of the molecule is CS(=O)(=O)CCc1ccc(C(N)CC(=O)O)cc1. The summed E-state index contributed by atoms with van der Waals surface area (Å²) in [4.78, 5) is 10.5. The summed E-state index contributed by atoms with van der Waals surface area (Å²) in [6.45, 7) is 0. The molecular weight excluding hydrogens is 254 g/mol. The average molecular weight is 271 g/mol. The summed E-state index contributed by atoms with van der Waals surface area (Å²) in [5.41, 5.74) is 7.34. The van der Waals surface area contributed by atoms with Crippen LogP contribution >= 0.6 is 0 Å². The predicted octanol–water partition coefficient (Wildman–Crippen LogP) is 0.748. The molecular formula is C12H17NO4S. The molecule has 0 bridgehead atoms. The number of benzene rings is 1. The van der Waals surface area contributed by atoms with Crippen molar-refractivity contribution in [3.05, 3.63) is 35.4 Å². The molecule has 1 aromatic carbocycles. The van der Waals surface area contributed by atoms with Crippen LogP contribution in [0.15, 0.2) is 24.3 Å². The van der Waals surface area contributed by atoms with E-state index >= 15 is 0 Å². The third-order valence-electron chi connectivity index (χ3n) is 2.56. The molecule has 1 rings (SSSR count). The molecule has 0 spiro atoms. The highest BCUT2D eigenvalue weighted by Crippen LogP contribution is 2.15. The molecule has 0 amide bonds. The van der Waals surface area contributed by atoms with Crippen LogP contribution in [-0.2, 0) is 21.1 Å². The standard InChI is InChI=1S/C12H17NO4S/c1-18(16,17)7-6-9-2-4-10(5-3-9)11(13)8-12(14)15/h2-5,11H,6-8,13H2,1H3,(H,14,15). The third kappa shape index (κ3) is 5.29. The summed E-state index contributed by atoms with van der Waals surface area (Å²) in [7, 11) is -2.97. The first-order valence-corrected chi connectivity index (χ1v) is 7.58. The number of nitrogens with two attached hydrogens (primary N) is 1. The third-order valence-corrected chi connectivity index (χ3v) is 3.51. The van der Waals surface area contributed by atoms with Crippen LogP contribution in [0.4, 0.5) is 0 Å². The summed E-state index contributed by atoms with van der Waals surface area (Å²) in [5, 5.41) is 8.63. The van der Waals surface area contributed by atoms with Crippen molar-refractivity contribution in [2.24, 2.45) is 5.73 Å². The van der Waals surface area contributed by atoms with Gasteiger partial charge in [-0.05, 0) is 17.5 Å². The van der Waals surface area contributed by atoms with Crippen LogP contribution in [0.5, 0.6) is 0 Å². The predicted molar refractivity (Wildman–Crippen MR) is 69.0 cm³/mol. The van der Waals surface area contributed by atoms with E-state index < -0.39 is 21.8 Å². The van der Waals surface area contributed by atoms with Crippen LogP contribution in [0.1, 0.15) is 23.6 Å². The molecule has 3 N–H and O–H groups in total. The van der Waals surface area contributed by atoms with Gasteiger partial charge in [0, 0.05) is 12.3 Å². The van der Waals surface area contributed by atoms with Gasteiger partial charge in [0.05, 0.1) is 12.2 Å². The average Bonchev–Trinajstić information content (AvgIpc) is 2.25. The van der Waals surface area contributed by atoms with Gasteiger partial charge in [-0.25, -0.2) is 8.42 Å². The van der Waals surface area contributed by atoms with Crippen LogP contribution < -0.4 is 5.73 Å². The molecule has 5 nitrogen and oxygen atoms in total. The van der Waals surface area contributed by atoms with Crippen molar-refractivity contribution in [1.82, 2.24) is 0 Å². The molecule has 1 unspecified atom stereocenters. The molecule has 1 atom stereocenters. The molecule has 0 aliphatic rings. The van der Waals surface area contributed by atoms with Crippen LogP contribution in [0.3, 0.4) is 0 Å². The lowest BCUT2D eigenvalue weighted by Crippen LogP contribution is -2.15. The van der Waals surface area contributed by atoms with Crippen LogP contribution in [0.25, 0.3) is 0 Å². The second-order valence-corrected chi connectivity index (χ2v) is 6.59. The molecule has 0 saturated carbocycles. The Morgan fingerprint density at radius 3 is 2.33 bits per heavy atom. The Labute approximate surface area is 107 Å². The Morgan fingerprint density at radius 1 is 1.33 bits per heavy atom. The second kappa shape index (κ2) is 5.97. The number of hydrogen-bond donors (Lipinski definition) is 2. The summed E-state index contributed by atoms with van der Waals surface area (Å²) in [5.74, 6) is -0.836. The number of sulfone groups is 1. The topological polar surface area (TPSA) is 97.5 Å². The number of carbonyl (C=O) groups is 1. The summed E-state index contributed by atoms with van der Waals surface area (Å²) in [6.07, 6.45) is 1.53. The van der Waals surface area contributed by atoms with E-state index in [9.17, 15) is 13.2 Å². The van der Waals surface area contributed by atoms with Gasteiger partial charge in [0.2, 0.25) is 0 Å². The van der Waals surface area contributed by atoms with Crippen molar-refractivity contribution in [3.8, 4) is 0 Å². The molecule has 0 aliphatic heterocycles. The van der Waals surface area contributed by atoms with Crippen molar-refractivity contribution in [3.63, 3.8) is 0 Å². The van der Waals surface area contributed by atoms with Crippen LogP contribution in [0.2, 0.25) is 0 Å². The van der Waals surface area contributed by atoms with Crippen molar-refractivity contribution < 1.29 is 18.3 Å². The zero-order valence-electron chi connectivity index (χ0n) is 10.2. The zero-order chi connectivity index (χ0) is 13.8. The van der Waals surface area contributed by atoms with Crippen molar-refractivity contribution in [1.29, 1.82) is 0 Å². The number of carboxylic acids is 1. The molecule has 6 heteroatoms. The minimum Gasteiger partial charge on any atom is -0.481 e. The first-order valence-electron chi connectivity index (χ1n) is 5.52. The van der Waals surface area contributed by atoms with Gasteiger partial charge in [0.15, 0.2) is 0 Å². The molecule has 0 aromatic heterocycles. The van der Waals surface area contributed by atoms with E-state index in [2.05, 4.69) is 0 Å². The van der Waals surface area contributed by atoms with Crippen molar-refractivity contribution in [2.75, 3.05) is 12.0 Å². The van der Waals surface area contributed by atoms with Crippen molar-refractivity contribution in [2.45, 2.75) is 18.9 Å². The molecule has 0 fully saturated rings. The lowest BCUT2D eigenvalue weighted by Gasteiger charge is -2.10. The molecule has 0 radical (unpaired) electrons. The lowest BCUT2D eigenvalue weighted by atomic mass is 10.0. The van der Waals surface area contributed by atoms with E-state index in [0.717, 1.165) is 11.1 Å². The molecule has 18 heavy (non-hydrogen) atoms. The molecule has 100 valence electrons. The van der Waals surface area contributed by atoms with Gasteiger partial charge in [0.1, 0.15) is 9.84 Å². The fraction of sp³-hybridized carbons (Fsp3) is 0.417. The van der Waals surface area contributed by atoms with Gasteiger partial charge in [-0.2, -0.15) is 0 Å². The monoisotopic (exact) mass is 271 g/mol. The van der Waals surface area contributed by atoms with Gasteiger partial charge in [-0.3, -0.25) is 4.79 Å². The second-order valence-electron chi connectivity index (χ2n) is 4.33. The number of aryl methyl sites for hydroxylation is 1. The number of hydrogen-bond acceptors (Lipinski definition) is 4. The van der Waals surface area contributed by atoms with Gasteiger partial charge in [-0.15, -0.1) is 0 Å². The first-order chi connectivity index (χ1) is 8.28. The van der Waals surface area contributed by atoms with E-state index in [4.69, 9.17) is 10.8 Å². The highest BCUT2D eigenvalue weighted by molar-refractivity contribution is 7.90. The van der Waals surface area contributed by atoms with Gasteiger partial charge < -0.3 is 10.8 Å². The molecule has 0 heterocycles. The maximum atomic E-state index is 11.0. The van der Waals surface area contributed by atoms with Gasteiger partial charge in [-0.1, -0.05) is 24.3 Å². The summed E-state index contributed by atoms with van der Waals surface area (Å²) >= 11 is 0. The minimum atomic E-state index is -2.97. The lowest BCUT2D eigenvalue weighted by molar-refractivity contribution is -0.137. The molecule has 0 saturated heterocycles. The number of rotatable bonds is 6. The highest BCUT2D eigenvalue weighted by Gasteiger charge is 2.10. The van der Waals surface area contributed by atoms with Gasteiger partial charge in [0.25, 0.3) is 0 Å². The fourth-order valence-corrected chi connectivity index (χ4v) is 2.15. The van der Waals surface area contributed by atoms with E-state index in [1.54, 1.807) is 24.3 Å². The summed E-state index contributed by atoms with van der Waals surface area (Å²) in [6, 6.07) is 6.51. The van der Waals surface area contributed by atoms with E-state index in [0.29, 0.717) is 6.42 Å². The quantitative estimate of drug-likeness (QED) is 0.795. The van der Waals surface area contributed by atoms with Crippen LogP contribution in [-0.4, -0.2) is 31.5 Å². The normalized spacial score (nSPS) is 13.2. The minimum absolute atomic E-state index is 0.105.